The molecule has 1 heterocycles. The van der Waals surface area contributed by atoms with E-state index in [9.17, 15) is 4.79 Å². The van der Waals surface area contributed by atoms with Crippen molar-refractivity contribution in [2.45, 2.75) is 6.04 Å². The lowest BCUT2D eigenvalue weighted by molar-refractivity contribution is 0.237. The molecule has 12 heavy (non-hydrogen) atoms. The Morgan fingerprint density at radius 1 is 1.33 bits per heavy atom. The first-order chi connectivity index (χ1) is 5.86. The van der Waals surface area contributed by atoms with Crippen molar-refractivity contribution in [3.05, 3.63) is 36.0 Å². The lowest BCUT2D eigenvalue weighted by Gasteiger charge is -2.24. The molecule has 1 unspecified atom stereocenters. The van der Waals surface area contributed by atoms with Gasteiger partial charge in [-0.25, -0.2) is 4.79 Å². The molecule has 1 atom stereocenters. The number of carbonyl (C=O) groups is 1. The molecule has 0 bridgehead atoms. The molecule has 0 spiro atoms. The summed E-state index contributed by atoms with van der Waals surface area (Å²) in [6, 6.07) is -0.0163. The van der Waals surface area contributed by atoms with E-state index in [4.69, 9.17) is 0 Å². The molecule has 0 radical (unpaired) electrons. The van der Waals surface area contributed by atoms with E-state index in [2.05, 4.69) is 10.6 Å². The van der Waals surface area contributed by atoms with Gasteiger partial charge in [0.1, 0.15) is 0 Å². The number of hydrogen-bond donors (Lipinski definition) is 2. The molecule has 0 saturated carbocycles. The maximum absolute atomic E-state index is 10.9. The number of urea groups is 1. The number of rotatable bonds is 0. The second kappa shape index (κ2) is 2.85. The number of hydrogen-bond acceptors (Lipinski definition) is 1. The van der Waals surface area contributed by atoms with Gasteiger partial charge in [0.25, 0.3) is 0 Å². The minimum absolute atomic E-state index is 0.0775. The summed E-state index contributed by atoms with van der Waals surface area (Å²) in [5, 5.41) is 5.54. The second-order valence-electron chi connectivity index (χ2n) is 2.82. The van der Waals surface area contributed by atoms with Crippen LogP contribution in [0.25, 0.3) is 0 Å². The topological polar surface area (TPSA) is 41.1 Å². The number of fused-ring (bicyclic) bond motifs is 1. The molecule has 1 aliphatic carbocycles. The first-order valence-electron chi connectivity index (χ1n) is 3.94. The van der Waals surface area contributed by atoms with Gasteiger partial charge in [-0.15, -0.1) is 0 Å². The van der Waals surface area contributed by atoms with Crippen molar-refractivity contribution < 1.29 is 4.79 Å². The van der Waals surface area contributed by atoms with Gasteiger partial charge in [0.15, 0.2) is 0 Å². The minimum atomic E-state index is -0.0938. The minimum Gasteiger partial charge on any atom is -0.334 e. The lowest BCUT2D eigenvalue weighted by Crippen LogP contribution is -2.49. The predicted octanol–water partition coefficient (Wildman–Crippen LogP) is 0.720. The van der Waals surface area contributed by atoms with Gasteiger partial charge in [-0.3, -0.25) is 0 Å². The summed E-state index contributed by atoms with van der Waals surface area (Å²) in [5.41, 5.74) is 1.19. The third kappa shape index (κ3) is 1.25. The van der Waals surface area contributed by atoms with Crippen LogP contribution in [0.3, 0.4) is 0 Å². The van der Waals surface area contributed by atoms with Crippen LogP contribution in [0.15, 0.2) is 36.0 Å². The predicted molar refractivity (Wildman–Crippen MR) is 46.7 cm³/mol. The molecule has 1 aliphatic heterocycles. The average Bonchev–Trinajstić information content (AvgIpc) is 2.28. The summed E-state index contributed by atoms with van der Waals surface area (Å²) < 4.78 is 0. The van der Waals surface area contributed by atoms with Crippen molar-refractivity contribution in [1.29, 1.82) is 0 Å². The fourth-order valence-corrected chi connectivity index (χ4v) is 1.33. The second-order valence-corrected chi connectivity index (χ2v) is 2.82. The third-order valence-electron chi connectivity index (χ3n) is 1.98. The average molecular weight is 162 g/mol. The number of nitrogens with one attached hydrogen (secondary N) is 2. The van der Waals surface area contributed by atoms with Gasteiger partial charge >= 0.3 is 6.03 Å². The van der Waals surface area contributed by atoms with Crippen LogP contribution in [0.1, 0.15) is 0 Å². The third-order valence-corrected chi connectivity index (χ3v) is 1.98. The van der Waals surface area contributed by atoms with E-state index >= 15 is 0 Å². The van der Waals surface area contributed by atoms with Crippen molar-refractivity contribution in [2.75, 3.05) is 6.54 Å². The summed E-state index contributed by atoms with van der Waals surface area (Å²) in [4.78, 5) is 10.9. The molecule has 2 rings (SSSR count). The van der Waals surface area contributed by atoms with Gasteiger partial charge in [-0.1, -0.05) is 30.4 Å². The normalized spacial score (nSPS) is 26.5. The largest absolute Gasteiger partial charge is 0.334 e. The van der Waals surface area contributed by atoms with Crippen LogP contribution in [-0.2, 0) is 0 Å². The smallest absolute Gasteiger partial charge is 0.315 e. The van der Waals surface area contributed by atoms with Crippen LogP contribution in [-0.4, -0.2) is 18.6 Å². The summed E-state index contributed by atoms with van der Waals surface area (Å²) in [5.74, 6) is 0. The zero-order valence-electron chi connectivity index (χ0n) is 6.58. The van der Waals surface area contributed by atoms with Gasteiger partial charge in [-0.2, -0.15) is 0 Å². The SMILES string of the molecule is O=C1NCC2=CC=CC=CC2N1. The van der Waals surface area contributed by atoms with Crippen molar-refractivity contribution in [3.8, 4) is 0 Å². The Balaban J connectivity index is 2.23. The lowest BCUT2D eigenvalue weighted by atomic mass is 10.1. The molecule has 3 nitrogen and oxygen atoms in total. The standard InChI is InChI=1S/C9H10N2O/c12-9-10-6-7-4-2-1-3-5-8(7)11-9/h1-5,8H,6H2,(H2,10,11,12). The highest BCUT2D eigenvalue weighted by molar-refractivity contribution is 5.77. The number of allylic oxidation sites excluding steroid dienone is 4. The molecule has 2 N–H and O–H groups in total. The van der Waals surface area contributed by atoms with Crippen LogP contribution < -0.4 is 10.6 Å². The first kappa shape index (κ1) is 7.16. The van der Waals surface area contributed by atoms with E-state index in [-0.39, 0.29) is 12.1 Å². The summed E-state index contributed by atoms with van der Waals surface area (Å²) >= 11 is 0. The molecular formula is C9H10N2O. The highest BCUT2D eigenvalue weighted by Crippen LogP contribution is 2.10. The van der Waals surface area contributed by atoms with Crippen LogP contribution in [0.4, 0.5) is 4.79 Å². The van der Waals surface area contributed by atoms with Crippen LogP contribution >= 0.6 is 0 Å². The number of carbonyl (C=O) groups excluding carboxylic acids is 1. The van der Waals surface area contributed by atoms with Crippen molar-refractivity contribution in [1.82, 2.24) is 10.6 Å². The molecule has 3 heteroatoms. The Bertz CT molecular complexity index is 289. The van der Waals surface area contributed by atoms with Gasteiger partial charge in [-0.05, 0) is 5.57 Å². The summed E-state index contributed by atoms with van der Waals surface area (Å²) in [6.45, 7) is 0.644. The Morgan fingerprint density at radius 2 is 2.25 bits per heavy atom. The number of amides is 2. The van der Waals surface area contributed by atoms with Crippen LogP contribution in [0, 0.1) is 0 Å². The molecule has 2 amide bonds. The maximum atomic E-state index is 10.9. The Kier molecular flexibility index (Phi) is 1.70. The molecule has 1 fully saturated rings. The first-order valence-corrected chi connectivity index (χ1v) is 3.94. The van der Waals surface area contributed by atoms with Gasteiger partial charge in [0.05, 0.1) is 6.04 Å². The van der Waals surface area contributed by atoms with Crippen LogP contribution in [0.2, 0.25) is 0 Å². The fraction of sp³-hybridized carbons (Fsp3) is 0.222. The summed E-state index contributed by atoms with van der Waals surface area (Å²) in [6.07, 6.45) is 9.88. The molecule has 0 aromatic carbocycles. The fourth-order valence-electron chi connectivity index (χ4n) is 1.33. The Hall–Kier alpha value is -1.51. The molecule has 2 aliphatic rings. The van der Waals surface area contributed by atoms with Crippen molar-refractivity contribution in [2.24, 2.45) is 0 Å². The zero-order valence-corrected chi connectivity index (χ0v) is 6.58. The van der Waals surface area contributed by atoms with E-state index in [1.54, 1.807) is 0 Å². The van der Waals surface area contributed by atoms with Gasteiger partial charge in [0.2, 0.25) is 0 Å². The molecule has 1 saturated heterocycles. The van der Waals surface area contributed by atoms with Crippen molar-refractivity contribution >= 4 is 6.03 Å². The Morgan fingerprint density at radius 3 is 3.17 bits per heavy atom. The summed E-state index contributed by atoms with van der Waals surface area (Å²) in [7, 11) is 0. The quantitative estimate of drug-likeness (QED) is 0.541. The maximum Gasteiger partial charge on any atom is 0.315 e. The zero-order chi connectivity index (χ0) is 8.39. The van der Waals surface area contributed by atoms with E-state index in [1.165, 1.54) is 5.57 Å². The van der Waals surface area contributed by atoms with Gasteiger partial charge < -0.3 is 10.6 Å². The van der Waals surface area contributed by atoms with Crippen LogP contribution in [0.5, 0.6) is 0 Å². The highest BCUT2D eigenvalue weighted by Gasteiger charge is 2.19. The van der Waals surface area contributed by atoms with Crippen molar-refractivity contribution in [3.63, 3.8) is 0 Å². The molecular weight excluding hydrogens is 152 g/mol. The van der Waals surface area contributed by atoms with E-state index < -0.39 is 0 Å². The van der Waals surface area contributed by atoms with E-state index in [0.717, 1.165) is 0 Å². The van der Waals surface area contributed by atoms with E-state index in [1.807, 2.05) is 30.4 Å². The molecule has 0 aromatic rings. The van der Waals surface area contributed by atoms with E-state index in [0.29, 0.717) is 6.54 Å². The van der Waals surface area contributed by atoms with Gasteiger partial charge in [0, 0.05) is 6.54 Å². The molecule has 0 aromatic heterocycles. The monoisotopic (exact) mass is 162 g/mol. The Labute approximate surface area is 70.8 Å². The molecule has 62 valence electrons. The highest BCUT2D eigenvalue weighted by atomic mass is 16.2.